The number of oxime groups is 1. The number of rotatable bonds is 4. The maximum absolute atomic E-state index is 12.5. The molecule has 4 N–H and O–H groups in total. The first-order valence-corrected chi connectivity index (χ1v) is 9.14. The SMILES string of the molecule is Cc1ncc(S(=O)(=O)NC2(/C(N)=N/O)CCCCCC2)s1. The minimum absolute atomic E-state index is 0.0748. The Labute approximate surface area is 128 Å². The van der Waals surface area contributed by atoms with Gasteiger partial charge in [-0.1, -0.05) is 30.8 Å². The molecule has 1 saturated carbocycles. The predicted octanol–water partition coefficient (Wildman–Crippen LogP) is 1.57. The zero-order valence-corrected chi connectivity index (χ0v) is 13.5. The van der Waals surface area contributed by atoms with Gasteiger partial charge in [-0.2, -0.15) is 4.72 Å². The minimum atomic E-state index is -3.73. The number of hydrogen-bond donors (Lipinski definition) is 3. The van der Waals surface area contributed by atoms with Crippen LogP contribution in [0.2, 0.25) is 0 Å². The Morgan fingerprint density at radius 1 is 1.43 bits per heavy atom. The lowest BCUT2D eigenvalue weighted by Crippen LogP contribution is -2.57. The van der Waals surface area contributed by atoms with Crippen LogP contribution in [-0.4, -0.2) is 30.0 Å². The van der Waals surface area contributed by atoms with Gasteiger partial charge in [0.1, 0.15) is 0 Å². The van der Waals surface area contributed by atoms with Gasteiger partial charge < -0.3 is 10.9 Å². The van der Waals surface area contributed by atoms with Gasteiger partial charge in [-0.3, -0.25) is 0 Å². The van der Waals surface area contributed by atoms with Gasteiger partial charge in [-0.05, 0) is 19.8 Å². The van der Waals surface area contributed by atoms with Gasteiger partial charge in [-0.15, -0.1) is 11.3 Å². The molecule has 1 heterocycles. The van der Waals surface area contributed by atoms with Crippen molar-refractivity contribution in [2.45, 2.75) is 55.2 Å². The van der Waals surface area contributed by atoms with Crippen molar-refractivity contribution < 1.29 is 13.6 Å². The predicted molar refractivity (Wildman–Crippen MR) is 81.0 cm³/mol. The lowest BCUT2D eigenvalue weighted by molar-refractivity contribution is 0.306. The Hall–Kier alpha value is -1.19. The lowest BCUT2D eigenvalue weighted by Gasteiger charge is -2.31. The molecule has 0 radical (unpaired) electrons. The van der Waals surface area contributed by atoms with Gasteiger partial charge in [-0.25, -0.2) is 13.4 Å². The number of hydrogen-bond acceptors (Lipinski definition) is 6. The highest BCUT2D eigenvalue weighted by atomic mass is 32.2. The molecule has 0 saturated heterocycles. The molecule has 0 aliphatic heterocycles. The van der Waals surface area contributed by atoms with Crippen LogP contribution >= 0.6 is 11.3 Å². The van der Waals surface area contributed by atoms with E-state index in [1.165, 1.54) is 6.20 Å². The van der Waals surface area contributed by atoms with Crippen LogP contribution in [0.4, 0.5) is 0 Å². The fourth-order valence-electron chi connectivity index (χ4n) is 2.61. The van der Waals surface area contributed by atoms with Crippen molar-refractivity contribution in [2.24, 2.45) is 10.9 Å². The number of aryl methyl sites for hydroxylation is 1. The second-order valence-electron chi connectivity index (χ2n) is 5.29. The maximum Gasteiger partial charge on any atom is 0.252 e. The molecule has 0 amide bonds. The second-order valence-corrected chi connectivity index (χ2v) is 8.43. The van der Waals surface area contributed by atoms with Crippen LogP contribution in [0.5, 0.6) is 0 Å². The van der Waals surface area contributed by atoms with Crippen LogP contribution in [-0.2, 0) is 10.0 Å². The summed E-state index contributed by atoms with van der Waals surface area (Å²) in [5, 5.41) is 12.8. The fraction of sp³-hybridized carbons (Fsp3) is 0.667. The highest BCUT2D eigenvalue weighted by Gasteiger charge is 2.40. The summed E-state index contributed by atoms with van der Waals surface area (Å²) in [6.07, 6.45) is 6.09. The number of nitrogens with zero attached hydrogens (tertiary/aromatic N) is 2. The topological polar surface area (TPSA) is 118 Å². The number of aromatic nitrogens is 1. The first-order valence-electron chi connectivity index (χ1n) is 6.84. The lowest BCUT2D eigenvalue weighted by atomic mass is 9.90. The fourth-order valence-corrected chi connectivity index (χ4v) is 5.15. The zero-order chi connectivity index (χ0) is 15.5. The molecule has 0 unspecified atom stereocenters. The normalized spacial score (nSPS) is 20.1. The molecule has 9 heteroatoms. The molecule has 118 valence electrons. The van der Waals surface area contributed by atoms with E-state index in [-0.39, 0.29) is 10.0 Å². The summed E-state index contributed by atoms with van der Waals surface area (Å²) in [7, 11) is -3.73. The number of amidine groups is 1. The molecule has 1 aliphatic rings. The van der Waals surface area contributed by atoms with Crippen molar-refractivity contribution in [1.82, 2.24) is 9.71 Å². The van der Waals surface area contributed by atoms with E-state index in [0.29, 0.717) is 17.8 Å². The van der Waals surface area contributed by atoms with Crippen molar-refractivity contribution in [2.75, 3.05) is 0 Å². The van der Waals surface area contributed by atoms with Crippen molar-refractivity contribution in [1.29, 1.82) is 0 Å². The molecular formula is C12H20N4O3S2. The average Bonchev–Trinajstić information content (AvgIpc) is 2.75. The smallest absolute Gasteiger partial charge is 0.252 e. The third-order valence-corrected chi connectivity index (χ3v) is 6.66. The van der Waals surface area contributed by atoms with Gasteiger partial charge in [0.05, 0.1) is 16.7 Å². The Morgan fingerprint density at radius 3 is 2.52 bits per heavy atom. The Bertz CT molecular complexity index is 616. The van der Waals surface area contributed by atoms with Gasteiger partial charge in [0.15, 0.2) is 10.0 Å². The largest absolute Gasteiger partial charge is 0.409 e. The number of nitrogens with one attached hydrogen (secondary N) is 1. The summed E-state index contributed by atoms with van der Waals surface area (Å²) in [5.74, 6) is -0.0748. The Morgan fingerprint density at radius 2 is 2.05 bits per heavy atom. The number of thiazole rings is 1. The van der Waals surface area contributed by atoms with E-state index in [9.17, 15) is 8.42 Å². The van der Waals surface area contributed by atoms with E-state index >= 15 is 0 Å². The Kier molecular flexibility index (Phi) is 4.84. The van der Waals surface area contributed by atoms with Gasteiger partial charge in [0.25, 0.3) is 10.0 Å². The molecule has 0 bridgehead atoms. The van der Waals surface area contributed by atoms with E-state index in [1.807, 2.05) is 0 Å². The first kappa shape index (κ1) is 16.2. The van der Waals surface area contributed by atoms with Crippen LogP contribution in [0.3, 0.4) is 0 Å². The highest BCUT2D eigenvalue weighted by Crippen LogP contribution is 2.30. The number of sulfonamides is 1. The van der Waals surface area contributed by atoms with E-state index in [4.69, 9.17) is 10.9 Å². The maximum atomic E-state index is 12.5. The molecule has 1 aliphatic carbocycles. The first-order chi connectivity index (χ1) is 9.89. The summed E-state index contributed by atoms with van der Waals surface area (Å²) < 4.78 is 27.8. The van der Waals surface area contributed by atoms with E-state index < -0.39 is 15.6 Å². The van der Waals surface area contributed by atoms with Crippen molar-refractivity contribution >= 4 is 27.2 Å². The van der Waals surface area contributed by atoms with E-state index in [1.54, 1.807) is 6.92 Å². The summed E-state index contributed by atoms with van der Waals surface area (Å²) in [6.45, 7) is 1.74. The summed E-state index contributed by atoms with van der Waals surface area (Å²) in [4.78, 5) is 3.97. The van der Waals surface area contributed by atoms with Crippen LogP contribution in [0.15, 0.2) is 15.6 Å². The quantitative estimate of drug-likeness (QED) is 0.254. The van der Waals surface area contributed by atoms with Gasteiger partial charge in [0, 0.05) is 0 Å². The summed E-state index contributed by atoms with van der Waals surface area (Å²) >= 11 is 1.10. The molecule has 1 aromatic heterocycles. The molecule has 0 aromatic carbocycles. The second kappa shape index (κ2) is 6.29. The van der Waals surface area contributed by atoms with Gasteiger partial charge >= 0.3 is 0 Å². The van der Waals surface area contributed by atoms with Crippen molar-refractivity contribution in [3.8, 4) is 0 Å². The highest BCUT2D eigenvalue weighted by molar-refractivity contribution is 7.91. The van der Waals surface area contributed by atoms with Gasteiger partial charge in [0.2, 0.25) is 0 Å². The minimum Gasteiger partial charge on any atom is -0.409 e. The average molecular weight is 332 g/mol. The third kappa shape index (κ3) is 3.53. The molecule has 7 nitrogen and oxygen atoms in total. The van der Waals surface area contributed by atoms with E-state index in [2.05, 4.69) is 14.9 Å². The molecule has 1 fully saturated rings. The number of nitrogens with two attached hydrogens (primary N) is 1. The molecule has 1 aromatic rings. The molecular weight excluding hydrogens is 312 g/mol. The molecule has 0 spiro atoms. The monoisotopic (exact) mass is 332 g/mol. The zero-order valence-electron chi connectivity index (χ0n) is 11.9. The van der Waals surface area contributed by atoms with Crippen LogP contribution in [0, 0.1) is 6.92 Å². The summed E-state index contributed by atoms with van der Waals surface area (Å²) in [5.41, 5.74) is 4.79. The Balaban J connectivity index is 2.34. The standard InChI is InChI=1S/C12H20N4O3S2/c1-9-14-8-10(20-9)21(18,19)16-12(11(13)15-17)6-4-2-3-5-7-12/h8,16-17H,2-7H2,1H3,(H2,13,15). The molecule has 0 atom stereocenters. The van der Waals surface area contributed by atoms with Crippen LogP contribution in [0.25, 0.3) is 0 Å². The van der Waals surface area contributed by atoms with E-state index in [0.717, 1.165) is 37.0 Å². The third-order valence-electron chi connectivity index (χ3n) is 3.75. The van der Waals surface area contributed by atoms with Crippen molar-refractivity contribution in [3.63, 3.8) is 0 Å². The van der Waals surface area contributed by atoms with Crippen LogP contribution in [0.1, 0.15) is 43.5 Å². The molecule has 21 heavy (non-hydrogen) atoms. The van der Waals surface area contributed by atoms with Crippen LogP contribution < -0.4 is 10.5 Å². The molecule has 2 rings (SSSR count). The van der Waals surface area contributed by atoms with Crippen molar-refractivity contribution in [3.05, 3.63) is 11.2 Å². The summed E-state index contributed by atoms with van der Waals surface area (Å²) in [6, 6.07) is 0.